The van der Waals surface area contributed by atoms with Crippen LogP contribution in [0.15, 0.2) is 64.3 Å². The molecule has 0 radical (unpaired) electrons. The molecule has 7 atom stereocenters. The van der Waals surface area contributed by atoms with Crippen molar-refractivity contribution in [2.45, 2.75) is 192 Å². The second-order valence-electron chi connectivity index (χ2n) is 16.4. The molecule has 13 nitrogen and oxygen atoms in total. The molecule has 3 aliphatic rings. The molecule has 2 aromatic rings. The summed E-state index contributed by atoms with van der Waals surface area (Å²) in [6.07, 6.45) is 16.2. The Bertz CT molecular complexity index is 1440. The fraction of sp³-hybridized carbons (Fsp3) is 0.740. The summed E-state index contributed by atoms with van der Waals surface area (Å²) in [5.74, 6) is 2.82. The van der Waals surface area contributed by atoms with E-state index in [1.807, 2.05) is 50.2 Å². The van der Waals surface area contributed by atoms with Crippen LogP contribution < -0.4 is 10.5 Å². The van der Waals surface area contributed by atoms with Crippen LogP contribution in [0, 0.1) is 11.8 Å². The minimum atomic E-state index is -0.206. The van der Waals surface area contributed by atoms with Crippen molar-refractivity contribution in [3.63, 3.8) is 0 Å². The number of pyridine rings is 2. The van der Waals surface area contributed by atoms with E-state index in [9.17, 15) is 9.59 Å². The number of morpholine rings is 1. The molecule has 0 bridgehead atoms. The maximum Gasteiger partial charge on any atom is 0.222 e. The van der Waals surface area contributed by atoms with Crippen LogP contribution in [0.5, 0.6) is 0 Å². The zero-order chi connectivity index (χ0) is 47.5. The van der Waals surface area contributed by atoms with E-state index < -0.39 is 0 Å². The van der Waals surface area contributed by atoms with Gasteiger partial charge in [0.2, 0.25) is 24.2 Å². The summed E-state index contributed by atoms with van der Waals surface area (Å²) in [5.41, 5.74) is 7.57. The molecule has 0 aromatic carbocycles. The standard InChI is InChI=1S/C9H14NO.C9H13N.C8H17NO.C8H15NO.C6H11N3.C5H11NO.C4H10O.CH4/c1-3-8(2)9-4-6-10(11)7-5-9;2*1-3-8(2)9-4-6-10-7-5-9;1-3-7(2)9-6-4-5-8(9)10;1-3-5(2)6-7-4-8-9-6;1-3-4(2)5(6)7;1-3-4(2)5;/h4-8,11H,3H2,1-2H3;4-8H,3H2,1-2H3;8H,3-7H2,1-2H3;7H,3-6H2,1-2H3;5H,3-4H2,1-2H3;4H,3H2,1-2H3,(H2,6,7);4-5H,3H2,1-2H3;1H4/q+1;;;;;;;. The number of rotatable bonds is 13. The van der Waals surface area contributed by atoms with Crippen LogP contribution in [0.2, 0.25) is 0 Å². The van der Waals surface area contributed by atoms with Gasteiger partial charge in [-0.05, 0) is 107 Å². The maximum absolute atomic E-state index is 11.1. The molecular formula is C50H95N8O5+. The van der Waals surface area contributed by atoms with E-state index in [0.29, 0.717) is 36.4 Å². The SMILES string of the molecule is C.CCC(C)C(N)=O.CCC(C)C1=NCN=N1.CCC(C)N1CCCC1=O.CCC(C)N1CCOCC1.CCC(C)O.CCC(C)c1cc[n+](O)cc1.CCC(C)c1ccncc1. The van der Waals surface area contributed by atoms with Gasteiger partial charge in [-0.3, -0.25) is 24.7 Å². The molecule has 0 saturated carbocycles. The van der Waals surface area contributed by atoms with Crippen LogP contribution in [0.1, 0.15) is 185 Å². The number of amidine groups is 1. The van der Waals surface area contributed by atoms with Crippen LogP contribution in [0.4, 0.5) is 0 Å². The van der Waals surface area contributed by atoms with E-state index in [1.54, 1.807) is 19.3 Å². The summed E-state index contributed by atoms with van der Waals surface area (Å²) in [6.45, 7) is 34.9. The first-order valence-corrected chi connectivity index (χ1v) is 23.6. The summed E-state index contributed by atoms with van der Waals surface area (Å²) < 4.78 is 6.31. The number of likely N-dealkylation sites (tertiary alicyclic amines) is 1. The molecule has 5 rings (SSSR count). The minimum Gasteiger partial charge on any atom is -0.393 e. The number of aliphatic imine (C=N–C) groups is 1. The number of nitrogens with zero attached hydrogens (tertiary/aromatic N) is 7. The first-order valence-electron chi connectivity index (χ1n) is 23.6. The van der Waals surface area contributed by atoms with E-state index >= 15 is 0 Å². The Morgan fingerprint density at radius 2 is 1.24 bits per heavy atom. The van der Waals surface area contributed by atoms with Crippen molar-refractivity contribution in [1.82, 2.24) is 14.8 Å². The highest BCUT2D eigenvalue weighted by Gasteiger charge is 2.23. The highest BCUT2D eigenvalue weighted by Crippen LogP contribution is 2.17. The summed E-state index contributed by atoms with van der Waals surface area (Å²) in [6, 6.07) is 9.23. The Morgan fingerprint density at radius 1 is 0.746 bits per heavy atom. The Balaban J connectivity index is -0.000000672. The van der Waals surface area contributed by atoms with Crippen molar-refractivity contribution in [2.75, 3.05) is 39.5 Å². The number of aliphatic hydroxyl groups excluding tert-OH is 1. The molecule has 63 heavy (non-hydrogen) atoms. The van der Waals surface area contributed by atoms with E-state index in [-0.39, 0.29) is 25.4 Å². The van der Waals surface area contributed by atoms with Gasteiger partial charge in [-0.2, -0.15) is 5.11 Å². The summed E-state index contributed by atoms with van der Waals surface area (Å²) in [7, 11) is 0. The van der Waals surface area contributed by atoms with E-state index in [0.717, 1.165) is 94.4 Å². The average molecular weight is 888 g/mol. The number of carbonyl (C=O) groups excluding carboxylic acids is 2. The van der Waals surface area contributed by atoms with Gasteiger partial charge >= 0.3 is 0 Å². The number of hydrogen-bond acceptors (Lipinski definition) is 10. The van der Waals surface area contributed by atoms with Crippen LogP contribution in [-0.4, -0.2) is 100 Å². The van der Waals surface area contributed by atoms with Crippen molar-refractivity contribution in [1.29, 1.82) is 0 Å². The Kier molecular flexibility index (Phi) is 40.1. The molecule has 2 fully saturated rings. The molecule has 5 heterocycles. The second-order valence-corrected chi connectivity index (χ2v) is 16.4. The monoisotopic (exact) mass is 888 g/mol. The van der Waals surface area contributed by atoms with Gasteiger partial charge in [-0.15, -0.1) is 5.11 Å². The molecule has 0 aliphatic carbocycles. The molecule has 2 amide bonds. The first-order chi connectivity index (χ1) is 29.5. The summed E-state index contributed by atoms with van der Waals surface area (Å²) in [4.78, 5) is 33.8. The molecular weight excluding hydrogens is 793 g/mol. The molecule has 13 heteroatoms. The number of carbonyl (C=O) groups is 2. The smallest absolute Gasteiger partial charge is 0.222 e. The van der Waals surface area contributed by atoms with Crippen LogP contribution in [0.25, 0.3) is 0 Å². The van der Waals surface area contributed by atoms with Crippen molar-refractivity contribution < 1.29 is 29.4 Å². The quantitative estimate of drug-likeness (QED) is 0.133. The predicted octanol–water partition coefficient (Wildman–Crippen LogP) is 10.6. The molecule has 7 unspecified atom stereocenters. The van der Waals surface area contributed by atoms with Gasteiger partial charge in [0.1, 0.15) is 0 Å². The Morgan fingerprint density at radius 3 is 1.59 bits per heavy atom. The number of aromatic nitrogens is 2. The number of nitrogens with two attached hydrogens (primary N) is 1. The van der Waals surface area contributed by atoms with Crippen LogP contribution in [-0.2, 0) is 14.3 Å². The zero-order valence-corrected chi connectivity index (χ0v) is 41.6. The third-order valence-electron chi connectivity index (χ3n) is 11.6. The fourth-order valence-electron chi connectivity index (χ4n) is 5.43. The van der Waals surface area contributed by atoms with Crippen molar-refractivity contribution >= 4 is 17.6 Å². The van der Waals surface area contributed by atoms with Crippen LogP contribution in [0.3, 0.4) is 0 Å². The lowest BCUT2D eigenvalue weighted by Gasteiger charge is -2.31. The number of azo groups is 1. The lowest BCUT2D eigenvalue weighted by Crippen LogP contribution is -2.41. The highest BCUT2D eigenvalue weighted by molar-refractivity contribution is 5.85. The van der Waals surface area contributed by atoms with Gasteiger partial charge in [0, 0.05) is 79.2 Å². The van der Waals surface area contributed by atoms with E-state index in [2.05, 4.69) is 106 Å². The van der Waals surface area contributed by atoms with Crippen molar-refractivity contribution in [2.24, 2.45) is 32.8 Å². The number of primary amides is 1. The van der Waals surface area contributed by atoms with E-state index in [4.69, 9.17) is 20.8 Å². The van der Waals surface area contributed by atoms with Gasteiger partial charge in [0.05, 0.1) is 19.3 Å². The Labute approximate surface area is 385 Å². The average Bonchev–Trinajstić information content (AvgIpc) is 4.02. The molecule has 2 aromatic heterocycles. The first kappa shape index (κ1) is 63.5. The van der Waals surface area contributed by atoms with Gasteiger partial charge in [-0.25, -0.2) is 4.99 Å². The molecule has 4 N–H and O–H groups in total. The number of ether oxygens (including phenoxy) is 1. The molecule has 2 saturated heterocycles. The lowest BCUT2D eigenvalue weighted by molar-refractivity contribution is -0.904. The van der Waals surface area contributed by atoms with Crippen LogP contribution >= 0.6 is 0 Å². The molecule has 364 valence electrons. The largest absolute Gasteiger partial charge is 0.393 e. The predicted molar refractivity (Wildman–Crippen MR) is 262 cm³/mol. The van der Waals surface area contributed by atoms with Crippen molar-refractivity contribution in [3.8, 4) is 0 Å². The summed E-state index contributed by atoms with van der Waals surface area (Å²) >= 11 is 0. The third-order valence-corrected chi connectivity index (χ3v) is 11.6. The van der Waals surface area contributed by atoms with Gasteiger partial charge in [0.25, 0.3) is 0 Å². The van der Waals surface area contributed by atoms with Gasteiger partial charge in [-0.1, -0.05) is 83.6 Å². The number of aliphatic hydroxyl groups is 1. The normalized spacial score (nSPS) is 17.2. The topological polar surface area (TPSA) is 170 Å². The van der Waals surface area contributed by atoms with E-state index in [1.165, 1.54) is 24.0 Å². The Hall–Kier alpha value is -3.81. The van der Waals surface area contributed by atoms with Gasteiger partial charge in [0.15, 0.2) is 12.5 Å². The highest BCUT2D eigenvalue weighted by atomic mass is 16.5. The number of amides is 2. The third kappa shape index (κ3) is 30.8. The molecule has 3 aliphatic heterocycles. The van der Waals surface area contributed by atoms with Gasteiger partial charge < -0.3 is 20.5 Å². The molecule has 0 spiro atoms. The second kappa shape index (κ2) is 39.8. The maximum atomic E-state index is 11.1. The zero-order valence-electron chi connectivity index (χ0n) is 41.6. The minimum absolute atomic E-state index is 0. The lowest BCUT2D eigenvalue weighted by atomic mass is 10.0. The fourth-order valence-corrected chi connectivity index (χ4v) is 5.43. The van der Waals surface area contributed by atoms with Crippen molar-refractivity contribution in [3.05, 3.63) is 60.2 Å². The summed E-state index contributed by atoms with van der Waals surface area (Å²) in [5, 5.41) is 24.9. The number of hydrogen-bond donors (Lipinski definition) is 3.